The number of halogens is 6. The van der Waals surface area contributed by atoms with Gasteiger partial charge in [0.1, 0.15) is 5.41 Å². The Hall–Kier alpha value is -3.44. The number of carbonyl (C=O) groups excluding carboxylic acids is 4. The van der Waals surface area contributed by atoms with Crippen molar-refractivity contribution in [1.82, 2.24) is 0 Å². The van der Waals surface area contributed by atoms with Gasteiger partial charge >= 0.3 is 36.2 Å². The number of carbonyl (C=O) groups is 4. The monoisotopic (exact) mass is 460 g/mol. The highest BCUT2D eigenvalue weighted by Crippen LogP contribution is 2.59. The molecule has 1 aliphatic carbocycles. The third-order valence-electron chi connectivity index (χ3n) is 5.84. The van der Waals surface area contributed by atoms with Crippen LogP contribution in [0.15, 0.2) is 41.5 Å². The molecule has 1 aromatic carbocycles. The highest BCUT2D eigenvalue weighted by molar-refractivity contribution is 6.15. The zero-order chi connectivity index (χ0) is 23.9. The first kappa shape index (κ1) is 21.8. The van der Waals surface area contributed by atoms with Crippen LogP contribution in [0.25, 0.3) is 0 Å². The van der Waals surface area contributed by atoms with Crippen LogP contribution < -0.4 is 0 Å². The van der Waals surface area contributed by atoms with E-state index < -0.39 is 81.3 Å². The van der Waals surface area contributed by atoms with Gasteiger partial charge in [-0.05, 0) is 42.7 Å². The molecule has 0 saturated carbocycles. The third kappa shape index (κ3) is 2.61. The van der Waals surface area contributed by atoms with Gasteiger partial charge in [0.25, 0.3) is 0 Å². The molecule has 6 nitrogen and oxygen atoms in total. The molecule has 0 amide bonds. The lowest BCUT2D eigenvalue weighted by Crippen LogP contribution is -2.55. The van der Waals surface area contributed by atoms with Crippen molar-refractivity contribution in [3.8, 4) is 0 Å². The van der Waals surface area contributed by atoms with Gasteiger partial charge in [-0.3, -0.25) is 4.79 Å². The molecule has 1 saturated heterocycles. The normalized spacial score (nSPS) is 23.3. The molecule has 1 fully saturated rings. The van der Waals surface area contributed by atoms with Gasteiger partial charge in [0, 0.05) is 0 Å². The standard InChI is InChI=1S/C20H10F6O6/c1-17-5-4-9(7-12(17)15(29)32-16(17)30)18(19(21,22)23,20(24,25)26)8-2-3-10-11(6-8)14(28)31-13(10)27/h2-4,6-7H,5H2,1H3. The molecule has 168 valence electrons. The van der Waals surface area contributed by atoms with Gasteiger partial charge in [0.15, 0.2) is 0 Å². The number of ether oxygens (including phenoxy) is 2. The van der Waals surface area contributed by atoms with E-state index in [-0.39, 0.29) is 0 Å². The minimum Gasteiger partial charge on any atom is -0.389 e. The Balaban J connectivity index is 2.02. The van der Waals surface area contributed by atoms with E-state index in [0.717, 1.165) is 0 Å². The fourth-order valence-corrected chi connectivity index (χ4v) is 4.09. The lowest BCUT2D eigenvalue weighted by atomic mass is 9.66. The number of rotatable bonds is 2. The largest absolute Gasteiger partial charge is 0.411 e. The van der Waals surface area contributed by atoms with E-state index in [0.29, 0.717) is 30.4 Å². The molecule has 12 heteroatoms. The van der Waals surface area contributed by atoms with Gasteiger partial charge in [0.05, 0.1) is 16.7 Å². The van der Waals surface area contributed by atoms with Crippen LogP contribution in [0.2, 0.25) is 0 Å². The molecule has 0 N–H and O–H groups in total. The second-order valence-electron chi connectivity index (χ2n) is 7.61. The van der Waals surface area contributed by atoms with E-state index in [1.165, 1.54) is 6.92 Å². The fraction of sp³-hybridized carbons (Fsp3) is 0.300. The van der Waals surface area contributed by atoms with Crippen LogP contribution >= 0.6 is 0 Å². The summed E-state index contributed by atoms with van der Waals surface area (Å²) in [4.78, 5) is 47.2. The smallest absolute Gasteiger partial charge is 0.389 e. The number of esters is 4. The number of cyclic esters (lactones) is 4. The number of hydrogen-bond donors (Lipinski definition) is 0. The Kier molecular flexibility index (Phi) is 4.29. The molecule has 32 heavy (non-hydrogen) atoms. The summed E-state index contributed by atoms with van der Waals surface area (Å²) in [5.41, 5.74) is -11.1. The van der Waals surface area contributed by atoms with Crippen LogP contribution in [0.4, 0.5) is 26.3 Å². The number of hydrogen-bond acceptors (Lipinski definition) is 6. The lowest BCUT2D eigenvalue weighted by molar-refractivity contribution is -0.289. The van der Waals surface area contributed by atoms with E-state index in [1.807, 2.05) is 0 Å². The van der Waals surface area contributed by atoms with E-state index in [9.17, 15) is 45.5 Å². The van der Waals surface area contributed by atoms with Crippen molar-refractivity contribution in [2.24, 2.45) is 5.41 Å². The molecule has 1 unspecified atom stereocenters. The second kappa shape index (κ2) is 6.30. The van der Waals surface area contributed by atoms with Gasteiger partial charge in [-0.1, -0.05) is 12.1 Å². The van der Waals surface area contributed by atoms with Gasteiger partial charge in [-0.25, -0.2) is 14.4 Å². The summed E-state index contributed by atoms with van der Waals surface area (Å²) in [7, 11) is 0. The topological polar surface area (TPSA) is 86.7 Å². The molecule has 3 aliphatic rings. The van der Waals surface area contributed by atoms with Crippen molar-refractivity contribution in [3.63, 3.8) is 0 Å². The lowest BCUT2D eigenvalue weighted by Gasteiger charge is -2.40. The van der Waals surface area contributed by atoms with Crippen molar-refractivity contribution < 1.29 is 55.0 Å². The first-order valence-electron chi connectivity index (χ1n) is 8.88. The number of fused-ring (bicyclic) bond motifs is 2. The molecule has 0 aromatic heterocycles. The molecular formula is C20H10F6O6. The van der Waals surface area contributed by atoms with Crippen LogP contribution in [-0.4, -0.2) is 36.2 Å². The van der Waals surface area contributed by atoms with E-state index >= 15 is 0 Å². The quantitative estimate of drug-likeness (QED) is 0.380. The average molecular weight is 460 g/mol. The number of alkyl halides is 6. The SMILES string of the molecule is CC12CC=C(C(c3ccc4c(c3)C(=O)OC4=O)(C(F)(F)F)C(F)(F)F)C=C1C(=O)OC2=O. The van der Waals surface area contributed by atoms with Gasteiger partial charge in [-0.2, -0.15) is 26.3 Å². The molecule has 0 spiro atoms. The summed E-state index contributed by atoms with van der Waals surface area (Å²) in [6, 6.07) is 1.36. The molecule has 1 aromatic rings. The molecule has 2 aliphatic heterocycles. The van der Waals surface area contributed by atoms with Gasteiger partial charge in [0.2, 0.25) is 5.41 Å². The molecule has 1 atom stereocenters. The van der Waals surface area contributed by atoms with Crippen molar-refractivity contribution in [2.75, 3.05) is 0 Å². The average Bonchev–Trinajstić information content (AvgIpc) is 3.06. The summed E-state index contributed by atoms with van der Waals surface area (Å²) in [5.74, 6) is -5.03. The summed E-state index contributed by atoms with van der Waals surface area (Å²) < 4.78 is 94.6. The number of benzene rings is 1. The van der Waals surface area contributed by atoms with Crippen molar-refractivity contribution in [3.05, 3.63) is 58.2 Å². The summed E-state index contributed by atoms with van der Waals surface area (Å²) in [6.07, 6.45) is -11.7. The maximum atomic E-state index is 14.3. The predicted octanol–water partition coefficient (Wildman–Crippen LogP) is 3.71. The Labute approximate surface area is 174 Å². The minimum atomic E-state index is -6.00. The van der Waals surface area contributed by atoms with Crippen LogP contribution in [-0.2, 0) is 24.5 Å². The first-order valence-corrected chi connectivity index (χ1v) is 8.88. The predicted molar refractivity (Wildman–Crippen MR) is 90.0 cm³/mol. The summed E-state index contributed by atoms with van der Waals surface area (Å²) >= 11 is 0. The third-order valence-corrected chi connectivity index (χ3v) is 5.84. The van der Waals surface area contributed by atoms with Crippen LogP contribution in [0.5, 0.6) is 0 Å². The van der Waals surface area contributed by atoms with Crippen LogP contribution in [0, 0.1) is 5.41 Å². The van der Waals surface area contributed by atoms with Gasteiger partial charge < -0.3 is 9.47 Å². The van der Waals surface area contributed by atoms with Crippen LogP contribution in [0.3, 0.4) is 0 Å². The molecule has 0 radical (unpaired) electrons. The van der Waals surface area contributed by atoms with Crippen LogP contribution in [0.1, 0.15) is 39.6 Å². The highest BCUT2D eigenvalue weighted by atomic mass is 19.4. The molecule has 0 bridgehead atoms. The summed E-state index contributed by atoms with van der Waals surface area (Å²) in [6.45, 7) is 1.17. The minimum absolute atomic E-state index is 0.300. The van der Waals surface area contributed by atoms with Crippen molar-refractivity contribution >= 4 is 23.9 Å². The van der Waals surface area contributed by atoms with E-state index in [1.54, 1.807) is 0 Å². The van der Waals surface area contributed by atoms with E-state index in [2.05, 4.69) is 9.47 Å². The zero-order valence-electron chi connectivity index (χ0n) is 15.8. The van der Waals surface area contributed by atoms with Crippen molar-refractivity contribution in [1.29, 1.82) is 0 Å². The Morgan fingerprint density at radius 3 is 2.03 bits per heavy atom. The maximum Gasteiger partial charge on any atom is 0.411 e. The number of allylic oxidation sites excluding steroid dienone is 3. The Bertz CT molecular complexity index is 1160. The van der Waals surface area contributed by atoms with Gasteiger partial charge in [-0.15, -0.1) is 0 Å². The molecule has 4 rings (SSSR count). The Morgan fingerprint density at radius 2 is 1.44 bits per heavy atom. The zero-order valence-corrected chi connectivity index (χ0v) is 15.8. The maximum absolute atomic E-state index is 14.3. The summed E-state index contributed by atoms with van der Waals surface area (Å²) in [5, 5.41) is 0. The molecule has 2 heterocycles. The Morgan fingerprint density at radius 1 is 0.844 bits per heavy atom. The first-order chi connectivity index (χ1) is 14.6. The highest BCUT2D eigenvalue weighted by Gasteiger charge is 2.74. The second-order valence-corrected chi connectivity index (χ2v) is 7.61. The fourth-order valence-electron chi connectivity index (χ4n) is 4.09. The van der Waals surface area contributed by atoms with Crippen molar-refractivity contribution in [2.45, 2.75) is 31.1 Å². The van der Waals surface area contributed by atoms with E-state index in [4.69, 9.17) is 0 Å². The molecular weight excluding hydrogens is 450 g/mol.